The smallest absolute Gasteiger partial charge is 0.261 e. The summed E-state index contributed by atoms with van der Waals surface area (Å²) in [5, 5.41) is 5.51. The minimum absolute atomic E-state index is 0.0391. The summed E-state index contributed by atoms with van der Waals surface area (Å²) < 4.78 is 5.30. The minimum Gasteiger partial charge on any atom is -0.495 e. The molecule has 33 heavy (non-hydrogen) atoms. The summed E-state index contributed by atoms with van der Waals surface area (Å²) in [4.78, 5) is 21.5. The largest absolute Gasteiger partial charge is 0.495 e. The Kier molecular flexibility index (Phi) is 6.23. The number of ether oxygens (including phenoxy) is 1. The molecule has 7 heteroatoms. The third-order valence-electron chi connectivity index (χ3n) is 6.27. The number of nitrogens with zero attached hydrogens (tertiary/aromatic N) is 2. The van der Waals surface area contributed by atoms with E-state index in [1.807, 2.05) is 24.3 Å². The summed E-state index contributed by atoms with van der Waals surface area (Å²) in [6.45, 7) is 5.84. The first-order valence-corrected chi connectivity index (χ1v) is 12.3. The molecule has 4 aromatic rings. The lowest BCUT2D eigenvalue weighted by molar-refractivity contribution is 0.0951. The van der Waals surface area contributed by atoms with Crippen LogP contribution in [-0.4, -0.2) is 42.5 Å². The van der Waals surface area contributed by atoms with Crippen LogP contribution in [-0.2, 0) is 6.54 Å². The van der Waals surface area contributed by atoms with E-state index in [9.17, 15) is 4.79 Å². The van der Waals surface area contributed by atoms with Gasteiger partial charge in [0, 0.05) is 30.4 Å². The van der Waals surface area contributed by atoms with Crippen LogP contribution in [0.15, 0.2) is 48.5 Å². The zero-order valence-corrected chi connectivity index (χ0v) is 20.3. The number of benzene rings is 2. The molecule has 0 saturated carbocycles. The standard InChI is InChI=1S/C26H26ClN3O2S/c1-16-3-5-17(6-4-16)14-30-10-9-18(15-30)13-28-25(31)22-12-20-11-19-7-8-21(32-2)23(27)24(19)29-26(20)33-22/h3-8,11-12,18H,9-10,13-15H2,1-2H3,(H,28,31). The monoisotopic (exact) mass is 479 g/mol. The molecule has 0 radical (unpaired) electrons. The van der Waals surface area contributed by atoms with Crippen molar-refractivity contribution in [2.45, 2.75) is 19.9 Å². The summed E-state index contributed by atoms with van der Waals surface area (Å²) in [6.07, 6.45) is 1.10. The molecule has 2 aromatic heterocycles. The molecule has 0 bridgehead atoms. The number of aromatic nitrogens is 1. The molecule has 1 atom stereocenters. The van der Waals surface area contributed by atoms with Crippen LogP contribution in [0.5, 0.6) is 5.75 Å². The Labute approximate surface area is 202 Å². The highest BCUT2D eigenvalue weighted by Gasteiger charge is 2.23. The number of rotatable bonds is 6. The van der Waals surface area contributed by atoms with E-state index in [-0.39, 0.29) is 5.91 Å². The molecule has 3 heterocycles. The summed E-state index contributed by atoms with van der Waals surface area (Å²) in [5.74, 6) is 1.03. The molecule has 1 aliphatic heterocycles. The number of amides is 1. The van der Waals surface area contributed by atoms with Crippen LogP contribution >= 0.6 is 22.9 Å². The van der Waals surface area contributed by atoms with Gasteiger partial charge < -0.3 is 10.1 Å². The second kappa shape index (κ2) is 9.29. The number of nitrogens with one attached hydrogen (secondary N) is 1. The van der Waals surface area contributed by atoms with Crippen LogP contribution in [0.3, 0.4) is 0 Å². The van der Waals surface area contributed by atoms with Crippen LogP contribution in [0, 0.1) is 12.8 Å². The highest BCUT2D eigenvalue weighted by molar-refractivity contribution is 7.20. The molecule has 1 N–H and O–H groups in total. The van der Waals surface area contributed by atoms with Gasteiger partial charge in [0.25, 0.3) is 5.91 Å². The highest BCUT2D eigenvalue weighted by Crippen LogP contribution is 2.35. The van der Waals surface area contributed by atoms with Gasteiger partial charge >= 0.3 is 0 Å². The Morgan fingerprint density at radius 3 is 2.82 bits per heavy atom. The predicted molar refractivity (Wildman–Crippen MR) is 136 cm³/mol. The Bertz CT molecular complexity index is 1320. The maximum Gasteiger partial charge on any atom is 0.261 e. The van der Waals surface area contributed by atoms with Gasteiger partial charge in [0.15, 0.2) is 0 Å². The molecule has 5 nitrogen and oxygen atoms in total. The maximum absolute atomic E-state index is 12.8. The Balaban J connectivity index is 1.22. The van der Waals surface area contributed by atoms with Crippen molar-refractivity contribution in [3.63, 3.8) is 0 Å². The second-order valence-electron chi connectivity index (χ2n) is 8.73. The SMILES string of the molecule is COc1ccc2cc3cc(C(=O)NCC4CCN(Cc5ccc(C)cc5)C4)sc3nc2c1Cl. The number of fused-ring (bicyclic) bond motifs is 2. The summed E-state index contributed by atoms with van der Waals surface area (Å²) in [6, 6.07) is 16.4. The molecule has 0 aliphatic carbocycles. The quantitative estimate of drug-likeness (QED) is 0.387. The van der Waals surface area contributed by atoms with Crippen molar-refractivity contribution >= 4 is 50.0 Å². The fourth-order valence-corrected chi connectivity index (χ4v) is 5.64. The maximum atomic E-state index is 12.8. The van der Waals surface area contributed by atoms with Crippen LogP contribution in [0.4, 0.5) is 0 Å². The zero-order chi connectivity index (χ0) is 22.9. The van der Waals surface area contributed by atoms with Gasteiger partial charge in [-0.2, -0.15) is 0 Å². The van der Waals surface area contributed by atoms with Crippen molar-refractivity contribution in [3.8, 4) is 5.75 Å². The fourth-order valence-electron chi connectivity index (χ4n) is 4.41. The number of pyridine rings is 1. The van der Waals surface area contributed by atoms with Crippen LogP contribution in [0.1, 0.15) is 27.2 Å². The first-order chi connectivity index (χ1) is 16.0. The minimum atomic E-state index is -0.0391. The van der Waals surface area contributed by atoms with E-state index in [0.717, 1.165) is 41.7 Å². The van der Waals surface area contributed by atoms with Crippen molar-refractivity contribution in [1.29, 1.82) is 0 Å². The Hall–Kier alpha value is -2.67. The van der Waals surface area contributed by atoms with E-state index in [1.165, 1.54) is 22.5 Å². The number of halogens is 1. The van der Waals surface area contributed by atoms with Gasteiger partial charge in [-0.3, -0.25) is 9.69 Å². The van der Waals surface area contributed by atoms with Gasteiger partial charge in [-0.1, -0.05) is 41.4 Å². The number of carbonyl (C=O) groups is 1. The highest BCUT2D eigenvalue weighted by atomic mass is 35.5. The average molecular weight is 480 g/mol. The molecule has 5 rings (SSSR count). The average Bonchev–Trinajstić information content (AvgIpc) is 3.44. The number of hydrogen-bond acceptors (Lipinski definition) is 5. The molecule has 0 spiro atoms. The molecular weight excluding hydrogens is 454 g/mol. The number of aryl methyl sites for hydroxylation is 1. The lowest BCUT2D eigenvalue weighted by Crippen LogP contribution is -2.30. The number of likely N-dealkylation sites (tertiary alicyclic amines) is 1. The zero-order valence-electron chi connectivity index (χ0n) is 18.7. The topological polar surface area (TPSA) is 54.5 Å². The van der Waals surface area contributed by atoms with Gasteiger partial charge in [-0.15, -0.1) is 11.3 Å². The molecule has 1 amide bonds. The number of methoxy groups -OCH3 is 1. The van der Waals surface area contributed by atoms with Gasteiger partial charge in [-0.05, 0) is 55.6 Å². The summed E-state index contributed by atoms with van der Waals surface area (Å²) >= 11 is 7.83. The van der Waals surface area contributed by atoms with Crippen molar-refractivity contribution in [2.75, 3.05) is 26.7 Å². The molecule has 2 aromatic carbocycles. The first-order valence-electron chi connectivity index (χ1n) is 11.1. The van der Waals surface area contributed by atoms with Crippen LogP contribution in [0.25, 0.3) is 21.1 Å². The third kappa shape index (κ3) is 4.69. The first kappa shape index (κ1) is 22.1. The predicted octanol–water partition coefficient (Wildman–Crippen LogP) is 5.67. The van der Waals surface area contributed by atoms with Crippen molar-refractivity contribution in [1.82, 2.24) is 15.2 Å². The summed E-state index contributed by atoms with van der Waals surface area (Å²) in [7, 11) is 1.59. The second-order valence-corrected chi connectivity index (χ2v) is 10.1. The Morgan fingerprint density at radius 1 is 1.21 bits per heavy atom. The van der Waals surface area contributed by atoms with Crippen LogP contribution in [0.2, 0.25) is 5.02 Å². The van der Waals surface area contributed by atoms with Gasteiger partial charge in [0.2, 0.25) is 0 Å². The van der Waals surface area contributed by atoms with E-state index in [0.29, 0.717) is 33.6 Å². The van der Waals surface area contributed by atoms with Crippen LogP contribution < -0.4 is 10.1 Å². The van der Waals surface area contributed by atoms with Gasteiger partial charge in [0.05, 0.1) is 17.5 Å². The van der Waals surface area contributed by atoms with E-state index in [2.05, 4.69) is 41.4 Å². The lowest BCUT2D eigenvalue weighted by atomic mass is 10.1. The Morgan fingerprint density at radius 2 is 2.03 bits per heavy atom. The van der Waals surface area contributed by atoms with E-state index in [1.54, 1.807) is 7.11 Å². The third-order valence-corrected chi connectivity index (χ3v) is 7.68. The molecule has 1 unspecified atom stereocenters. The van der Waals surface area contributed by atoms with Crippen molar-refractivity contribution in [3.05, 3.63) is 69.6 Å². The number of hydrogen-bond donors (Lipinski definition) is 1. The van der Waals surface area contributed by atoms with E-state index < -0.39 is 0 Å². The molecule has 1 fully saturated rings. The van der Waals surface area contributed by atoms with Gasteiger partial charge in [-0.25, -0.2) is 4.98 Å². The van der Waals surface area contributed by atoms with Crippen molar-refractivity contribution < 1.29 is 9.53 Å². The normalized spacial score (nSPS) is 16.5. The van der Waals surface area contributed by atoms with E-state index >= 15 is 0 Å². The molecule has 1 aliphatic rings. The van der Waals surface area contributed by atoms with Gasteiger partial charge in [0.1, 0.15) is 15.6 Å². The number of thiophene rings is 1. The fraction of sp³-hybridized carbons (Fsp3) is 0.308. The van der Waals surface area contributed by atoms with Crippen molar-refractivity contribution in [2.24, 2.45) is 5.92 Å². The van der Waals surface area contributed by atoms with E-state index in [4.69, 9.17) is 21.3 Å². The molecule has 1 saturated heterocycles. The number of carbonyl (C=O) groups excluding carboxylic acids is 1. The molecule has 170 valence electrons. The summed E-state index contributed by atoms with van der Waals surface area (Å²) in [5.41, 5.74) is 3.32. The molecular formula is C26H26ClN3O2S. The lowest BCUT2D eigenvalue weighted by Gasteiger charge is -2.16.